The zero-order valence-electron chi connectivity index (χ0n) is 14.7. The highest BCUT2D eigenvalue weighted by molar-refractivity contribution is 5.26. The van der Waals surface area contributed by atoms with Crippen molar-refractivity contribution in [3.8, 4) is 6.07 Å². The highest BCUT2D eigenvalue weighted by atomic mass is 19.1. The van der Waals surface area contributed by atoms with Gasteiger partial charge in [-0.2, -0.15) is 9.65 Å². The first kappa shape index (κ1) is 18.5. The van der Waals surface area contributed by atoms with Crippen molar-refractivity contribution < 1.29 is 4.39 Å². The van der Waals surface area contributed by atoms with E-state index in [1.165, 1.54) is 68.2 Å². The minimum atomic E-state index is -0.725. The van der Waals surface area contributed by atoms with Gasteiger partial charge in [0.1, 0.15) is 6.07 Å². The SMILES string of the molecule is CCCc1ccc(C2CCC(CC/C=C/C=C(\F)C#N)CC2)cc1. The van der Waals surface area contributed by atoms with Gasteiger partial charge >= 0.3 is 0 Å². The van der Waals surface area contributed by atoms with Crippen LogP contribution in [-0.2, 0) is 6.42 Å². The Labute approximate surface area is 145 Å². The van der Waals surface area contributed by atoms with Gasteiger partial charge in [-0.1, -0.05) is 49.8 Å². The maximum absolute atomic E-state index is 12.6. The summed E-state index contributed by atoms with van der Waals surface area (Å²) in [4.78, 5) is 0. The van der Waals surface area contributed by atoms with Crippen molar-refractivity contribution in [3.05, 3.63) is 59.4 Å². The van der Waals surface area contributed by atoms with E-state index in [9.17, 15) is 4.39 Å². The van der Waals surface area contributed by atoms with Crippen molar-refractivity contribution >= 4 is 0 Å². The van der Waals surface area contributed by atoms with E-state index in [2.05, 4.69) is 31.2 Å². The average Bonchev–Trinajstić information content (AvgIpc) is 2.63. The summed E-state index contributed by atoms with van der Waals surface area (Å²) >= 11 is 0. The smallest absolute Gasteiger partial charge is 0.195 e. The lowest BCUT2D eigenvalue weighted by Gasteiger charge is -2.28. The number of halogens is 1. The molecule has 1 fully saturated rings. The van der Waals surface area contributed by atoms with Crippen molar-refractivity contribution in [1.82, 2.24) is 0 Å². The van der Waals surface area contributed by atoms with Gasteiger partial charge in [0.05, 0.1) is 0 Å². The summed E-state index contributed by atoms with van der Waals surface area (Å²) < 4.78 is 12.6. The summed E-state index contributed by atoms with van der Waals surface area (Å²) in [6.45, 7) is 2.22. The van der Waals surface area contributed by atoms with Crippen LogP contribution in [0, 0.1) is 17.2 Å². The molecule has 1 aliphatic rings. The third kappa shape index (κ3) is 5.96. The number of nitrogens with zero attached hydrogens (tertiary/aromatic N) is 1. The topological polar surface area (TPSA) is 23.8 Å². The van der Waals surface area contributed by atoms with E-state index in [4.69, 9.17) is 5.26 Å². The van der Waals surface area contributed by atoms with Gasteiger partial charge in [-0.15, -0.1) is 0 Å². The molecule has 0 spiro atoms. The maximum atomic E-state index is 12.6. The summed E-state index contributed by atoms with van der Waals surface area (Å²) in [5.41, 5.74) is 2.95. The Morgan fingerprint density at radius 3 is 2.54 bits per heavy atom. The molecule has 0 saturated heterocycles. The number of nitriles is 1. The van der Waals surface area contributed by atoms with E-state index >= 15 is 0 Å². The molecule has 0 heterocycles. The number of aryl methyl sites for hydroxylation is 1. The van der Waals surface area contributed by atoms with E-state index in [-0.39, 0.29) is 0 Å². The molecule has 2 heteroatoms. The van der Waals surface area contributed by atoms with Gasteiger partial charge in [0.15, 0.2) is 5.83 Å². The Hall–Kier alpha value is -1.88. The zero-order chi connectivity index (χ0) is 17.2. The molecule has 2 rings (SSSR count). The van der Waals surface area contributed by atoms with Crippen LogP contribution in [0.1, 0.15) is 68.9 Å². The minimum Gasteiger partial charge on any atom is -0.195 e. The Morgan fingerprint density at radius 1 is 1.21 bits per heavy atom. The van der Waals surface area contributed by atoms with Crippen LogP contribution in [0.25, 0.3) is 0 Å². The molecule has 0 bridgehead atoms. The molecular weight excluding hydrogens is 297 g/mol. The minimum absolute atomic E-state index is 0.722. The zero-order valence-corrected chi connectivity index (χ0v) is 14.7. The van der Waals surface area contributed by atoms with Crippen LogP contribution in [0.5, 0.6) is 0 Å². The van der Waals surface area contributed by atoms with Gasteiger partial charge in [0.25, 0.3) is 0 Å². The fourth-order valence-corrected chi connectivity index (χ4v) is 3.65. The lowest BCUT2D eigenvalue weighted by molar-refractivity contribution is 0.312. The van der Waals surface area contributed by atoms with E-state index in [1.54, 1.807) is 6.08 Å². The molecule has 0 unspecified atom stereocenters. The number of benzene rings is 1. The van der Waals surface area contributed by atoms with Crippen LogP contribution in [0.2, 0.25) is 0 Å². The van der Waals surface area contributed by atoms with Crippen LogP contribution < -0.4 is 0 Å². The highest BCUT2D eigenvalue weighted by Gasteiger charge is 2.21. The van der Waals surface area contributed by atoms with Crippen LogP contribution in [0.3, 0.4) is 0 Å². The van der Waals surface area contributed by atoms with E-state index in [0.717, 1.165) is 18.3 Å². The molecular formula is C22H28FN. The molecule has 0 radical (unpaired) electrons. The summed E-state index contributed by atoms with van der Waals surface area (Å²) in [5, 5.41) is 8.33. The van der Waals surface area contributed by atoms with E-state index in [1.807, 2.05) is 6.08 Å². The lowest BCUT2D eigenvalue weighted by atomic mass is 9.77. The second kappa shape index (κ2) is 10.1. The van der Waals surface area contributed by atoms with Crippen LogP contribution in [-0.4, -0.2) is 0 Å². The van der Waals surface area contributed by atoms with Crippen LogP contribution >= 0.6 is 0 Å². The molecule has 0 N–H and O–H groups in total. The van der Waals surface area contributed by atoms with Crippen molar-refractivity contribution in [3.63, 3.8) is 0 Å². The standard InChI is InChI=1S/C22H28FN/c1-2-6-18-9-13-20(14-10-18)21-15-11-19(12-16-21)7-4-3-5-8-22(23)17-24/h3,5,8-10,13-14,19,21H,2,4,6-7,11-12,15-16H2,1H3/b5-3+,22-8-. The third-order valence-electron chi connectivity index (χ3n) is 5.06. The fourth-order valence-electron chi connectivity index (χ4n) is 3.65. The summed E-state index contributed by atoms with van der Waals surface area (Å²) in [6.07, 6.45) is 14.5. The molecule has 0 aromatic heterocycles. The van der Waals surface area contributed by atoms with E-state index in [0.29, 0.717) is 0 Å². The molecule has 0 atom stereocenters. The third-order valence-corrected chi connectivity index (χ3v) is 5.06. The maximum Gasteiger partial charge on any atom is 0.199 e. The summed E-state index contributed by atoms with van der Waals surface area (Å²) in [5.74, 6) is 0.784. The molecule has 0 amide bonds. The number of hydrogen-bond donors (Lipinski definition) is 0. The number of hydrogen-bond acceptors (Lipinski definition) is 1. The monoisotopic (exact) mass is 325 g/mol. The van der Waals surface area contributed by atoms with Crippen LogP contribution in [0.4, 0.5) is 4.39 Å². The quantitative estimate of drug-likeness (QED) is 0.408. The molecule has 128 valence electrons. The first-order chi connectivity index (χ1) is 11.7. The van der Waals surface area contributed by atoms with Crippen molar-refractivity contribution in [2.24, 2.45) is 5.92 Å². The molecule has 24 heavy (non-hydrogen) atoms. The van der Waals surface area contributed by atoms with Crippen LogP contribution in [0.15, 0.2) is 48.3 Å². The second-order valence-corrected chi connectivity index (χ2v) is 6.84. The Balaban J connectivity index is 1.72. The van der Waals surface area contributed by atoms with Crippen molar-refractivity contribution in [1.29, 1.82) is 5.26 Å². The lowest BCUT2D eigenvalue weighted by Crippen LogP contribution is -2.13. The van der Waals surface area contributed by atoms with E-state index < -0.39 is 5.83 Å². The molecule has 1 aliphatic carbocycles. The Kier molecular flexibility index (Phi) is 7.75. The van der Waals surface area contributed by atoms with Crippen molar-refractivity contribution in [2.45, 2.75) is 64.2 Å². The first-order valence-electron chi connectivity index (χ1n) is 9.24. The molecule has 0 aliphatic heterocycles. The van der Waals surface area contributed by atoms with Gasteiger partial charge in [0.2, 0.25) is 0 Å². The predicted molar refractivity (Wildman–Crippen MR) is 98.3 cm³/mol. The summed E-state index contributed by atoms with van der Waals surface area (Å²) in [7, 11) is 0. The Bertz CT molecular complexity index is 583. The largest absolute Gasteiger partial charge is 0.199 e. The second-order valence-electron chi connectivity index (χ2n) is 6.84. The average molecular weight is 325 g/mol. The van der Waals surface area contributed by atoms with Gasteiger partial charge in [0, 0.05) is 0 Å². The molecule has 1 nitrogen and oxygen atoms in total. The van der Waals surface area contributed by atoms with Gasteiger partial charge < -0.3 is 0 Å². The molecule has 1 aromatic carbocycles. The Morgan fingerprint density at radius 2 is 1.92 bits per heavy atom. The fraction of sp³-hybridized carbons (Fsp3) is 0.500. The number of allylic oxidation sites excluding steroid dienone is 4. The van der Waals surface area contributed by atoms with Gasteiger partial charge in [-0.3, -0.25) is 0 Å². The first-order valence-corrected chi connectivity index (χ1v) is 9.24. The number of rotatable bonds is 7. The highest BCUT2D eigenvalue weighted by Crippen LogP contribution is 2.37. The normalized spacial score (nSPS) is 21.8. The van der Waals surface area contributed by atoms with Crippen molar-refractivity contribution in [2.75, 3.05) is 0 Å². The molecule has 1 saturated carbocycles. The van der Waals surface area contributed by atoms with Gasteiger partial charge in [-0.25, -0.2) is 0 Å². The summed E-state index contributed by atoms with van der Waals surface area (Å²) in [6, 6.07) is 10.7. The van der Waals surface area contributed by atoms with Gasteiger partial charge in [-0.05, 0) is 74.0 Å². The predicted octanol–water partition coefficient (Wildman–Crippen LogP) is 6.63. The molecule has 1 aromatic rings.